The Morgan fingerprint density at radius 3 is 2.33 bits per heavy atom. The van der Waals surface area contributed by atoms with Crippen LogP contribution in [-0.2, 0) is 20.7 Å². The maximum atomic E-state index is 11.3. The molecule has 1 aromatic rings. The Labute approximate surface area is 106 Å². The molecule has 1 rings (SSSR count). The number of rotatable bonds is 4. The largest absolute Gasteiger partial charge is 0.496 e. The molecule has 0 aliphatic heterocycles. The molecule has 0 radical (unpaired) electrons. The van der Waals surface area contributed by atoms with E-state index < -0.39 is 5.97 Å². The summed E-state index contributed by atoms with van der Waals surface area (Å²) in [5.74, 6) is 0.189. The van der Waals surface area contributed by atoms with Crippen molar-refractivity contribution in [2.45, 2.75) is 20.3 Å². The molecule has 0 saturated carbocycles. The number of carbonyl (C=O) groups is 2. The van der Waals surface area contributed by atoms with Gasteiger partial charge in [-0.2, -0.15) is 0 Å². The van der Waals surface area contributed by atoms with Gasteiger partial charge in [-0.3, -0.25) is 9.59 Å². The molecule has 1 aromatic carbocycles. The maximum absolute atomic E-state index is 11.3. The minimum atomic E-state index is -0.410. The number of benzene rings is 1. The molecule has 0 N–H and O–H groups in total. The van der Waals surface area contributed by atoms with Crippen molar-refractivity contribution < 1.29 is 23.8 Å². The summed E-state index contributed by atoms with van der Waals surface area (Å²) in [7, 11) is 2.83. The number of aryl methyl sites for hydroxylation is 1. The van der Waals surface area contributed by atoms with E-state index in [1.807, 2.05) is 0 Å². The number of hydrogen-bond donors (Lipinski definition) is 0. The first-order chi connectivity index (χ1) is 8.47. The quantitative estimate of drug-likeness (QED) is 0.602. The van der Waals surface area contributed by atoms with Gasteiger partial charge in [0.15, 0.2) is 0 Å². The SMILES string of the molecule is COC(=O)Cc1cc(OC(C)=O)c(C)cc1OC. The lowest BCUT2D eigenvalue weighted by Crippen LogP contribution is -2.08. The van der Waals surface area contributed by atoms with Crippen LogP contribution in [0.5, 0.6) is 11.5 Å². The standard InChI is InChI=1S/C13H16O5/c1-8-5-12(16-3)10(7-13(15)17-4)6-11(8)18-9(2)14/h5-6H,7H2,1-4H3. The molecule has 0 amide bonds. The number of ether oxygens (including phenoxy) is 3. The van der Waals surface area contributed by atoms with Gasteiger partial charge in [0.2, 0.25) is 0 Å². The van der Waals surface area contributed by atoms with Crippen molar-refractivity contribution in [3.05, 3.63) is 23.3 Å². The molecular formula is C13H16O5. The Morgan fingerprint density at radius 2 is 1.83 bits per heavy atom. The zero-order valence-corrected chi connectivity index (χ0v) is 10.9. The Balaban J connectivity index is 3.13. The first kappa shape index (κ1) is 14.0. The summed E-state index contributed by atoms with van der Waals surface area (Å²) in [4.78, 5) is 22.2. The summed E-state index contributed by atoms with van der Waals surface area (Å²) in [6.45, 7) is 3.12. The summed E-state index contributed by atoms with van der Waals surface area (Å²) in [6, 6.07) is 3.34. The van der Waals surface area contributed by atoms with E-state index in [2.05, 4.69) is 4.74 Å². The van der Waals surface area contributed by atoms with E-state index in [1.165, 1.54) is 21.1 Å². The van der Waals surface area contributed by atoms with E-state index in [-0.39, 0.29) is 12.4 Å². The first-order valence-electron chi connectivity index (χ1n) is 5.40. The van der Waals surface area contributed by atoms with Crippen molar-refractivity contribution in [1.82, 2.24) is 0 Å². The van der Waals surface area contributed by atoms with E-state index in [1.54, 1.807) is 19.1 Å². The lowest BCUT2D eigenvalue weighted by atomic mass is 10.1. The van der Waals surface area contributed by atoms with E-state index >= 15 is 0 Å². The second-order valence-electron chi connectivity index (χ2n) is 3.78. The fourth-order valence-corrected chi connectivity index (χ4v) is 1.52. The third-order valence-corrected chi connectivity index (χ3v) is 2.39. The minimum absolute atomic E-state index is 0.0637. The zero-order valence-electron chi connectivity index (χ0n) is 10.9. The van der Waals surface area contributed by atoms with E-state index in [4.69, 9.17) is 9.47 Å². The second-order valence-corrected chi connectivity index (χ2v) is 3.78. The fraction of sp³-hybridized carbons (Fsp3) is 0.385. The van der Waals surface area contributed by atoms with E-state index in [0.717, 1.165) is 5.56 Å². The highest BCUT2D eigenvalue weighted by Gasteiger charge is 2.13. The molecule has 5 nitrogen and oxygen atoms in total. The lowest BCUT2D eigenvalue weighted by Gasteiger charge is -2.12. The van der Waals surface area contributed by atoms with Gasteiger partial charge in [-0.05, 0) is 24.6 Å². The van der Waals surface area contributed by atoms with Crippen LogP contribution in [0.25, 0.3) is 0 Å². The van der Waals surface area contributed by atoms with Crippen molar-refractivity contribution in [2.24, 2.45) is 0 Å². The van der Waals surface area contributed by atoms with E-state index in [0.29, 0.717) is 17.1 Å². The van der Waals surface area contributed by atoms with Gasteiger partial charge < -0.3 is 14.2 Å². The van der Waals surface area contributed by atoms with Gasteiger partial charge in [0, 0.05) is 12.5 Å². The number of esters is 2. The molecule has 98 valence electrons. The topological polar surface area (TPSA) is 61.8 Å². The highest BCUT2D eigenvalue weighted by atomic mass is 16.5. The van der Waals surface area contributed by atoms with Crippen molar-refractivity contribution in [3.63, 3.8) is 0 Å². The van der Waals surface area contributed by atoms with Crippen LogP contribution in [0, 0.1) is 6.92 Å². The summed E-state index contributed by atoms with van der Waals surface area (Å²) in [5.41, 5.74) is 1.38. The van der Waals surface area contributed by atoms with Gasteiger partial charge in [-0.15, -0.1) is 0 Å². The average Bonchev–Trinajstić information content (AvgIpc) is 2.32. The molecule has 0 aromatic heterocycles. The summed E-state index contributed by atoms with van der Waals surface area (Å²) >= 11 is 0. The predicted octanol–water partition coefficient (Wildman–Crippen LogP) is 1.64. The normalized spacial score (nSPS) is 9.78. The van der Waals surface area contributed by atoms with Crippen molar-refractivity contribution in [1.29, 1.82) is 0 Å². The second kappa shape index (κ2) is 6.05. The van der Waals surface area contributed by atoms with Crippen LogP contribution >= 0.6 is 0 Å². The van der Waals surface area contributed by atoms with Crippen molar-refractivity contribution in [3.8, 4) is 11.5 Å². The summed E-state index contributed by atoms with van der Waals surface area (Å²) in [6.07, 6.45) is 0.0637. The molecule has 0 fully saturated rings. The van der Waals surface area contributed by atoms with Crippen LogP contribution in [0.3, 0.4) is 0 Å². The molecule has 0 bridgehead atoms. The Bertz CT molecular complexity index is 465. The molecule has 18 heavy (non-hydrogen) atoms. The highest BCUT2D eigenvalue weighted by molar-refractivity contribution is 5.75. The minimum Gasteiger partial charge on any atom is -0.496 e. The van der Waals surface area contributed by atoms with Crippen LogP contribution in [-0.4, -0.2) is 26.2 Å². The van der Waals surface area contributed by atoms with Gasteiger partial charge in [0.05, 0.1) is 20.6 Å². The van der Waals surface area contributed by atoms with Crippen LogP contribution in [0.2, 0.25) is 0 Å². The van der Waals surface area contributed by atoms with Crippen LogP contribution in [0.1, 0.15) is 18.1 Å². The van der Waals surface area contributed by atoms with Crippen LogP contribution < -0.4 is 9.47 Å². The maximum Gasteiger partial charge on any atom is 0.310 e. The third kappa shape index (κ3) is 3.48. The van der Waals surface area contributed by atoms with Crippen molar-refractivity contribution >= 4 is 11.9 Å². The third-order valence-electron chi connectivity index (χ3n) is 2.39. The Kier molecular flexibility index (Phi) is 4.71. The Morgan fingerprint density at radius 1 is 1.17 bits per heavy atom. The lowest BCUT2D eigenvalue weighted by molar-refractivity contribution is -0.139. The van der Waals surface area contributed by atoms with Gasteiger partial charge in [-0.25, -0.2) is 0 Å². The summed E-state index contributed by atoms with van der Waals surface area (Å²) in [5, 5.41) is 0. The molecular weight excluding hydrogens is 236 g/mol. The average molecular weight is 252 g/mol. The fourth-order valence-electron chi connectivity index (χ4n) is 1.52. The number of methoxy groups -OCH3 is 2. The van der Waals surface area contributed by atoms with Gasteiger partial charge >= 0.3 is 11.9 Å². The predicted molar refractivity (Wildman–Crippen MR) is 64.8 cm³/mol. The number of carbonyl (C=O) groups excluding carboxylic acids is 2. The summed E-state index contributed by atoms with van der Waals surface area (Å²) < 4.78 is 14.8. The first-order valence-corrected chi connectivity index (χ1v) is 5.40. The van der Waals surface area contributed by atoms with E-state index in [9.17, 15) is 9.59 Å². The monoisotopic (exact) mass is 252 g/mol. The Hall–Kier alpha value is -2.04. The highest BCUT2D eigenvalue weighted by Crippen LogP contribution is 2.29. The van der Waals surface area contributed by atoms with Crippen molar-refractivity contribution in [2.75, 3.05) is 14.2 Å². The molecule has 0 unspecified atom stereocenters. The molecule has 0 saturated heterocycles. The van der Waals surface area contributed by atoms with Gasteiger partial charge in [0.25, 0.3) is 0 Å². The van der Waals surface area contributed by atoms with Crippen LogP contribution in [0.4, 0.5) is 0 Å². The van der Waals surface area contributed by atoms with Gasteiger partial charge in [-0.1, -0.05) is 0 Å². The molecule has 0 heterocycles. The zero-order chi connectivity index (χ0) is 13.7. The molecule has 5 heteroatoms. The smallest absolute Gasteiger partial charge is 0.310 e. The molecule has 0 aliphatic rings. The molecule has 0 atom stereocenters. The van der Waals surface area contributed by atoms with Gasteiger partial charge in [0.1, 0.15) is 11.5 Å². The molecule has 0 aliphatic carbocycles. The van der Waals surface area contributed by atoms with Crippen LogP contribution in [0.15, 0.2) is 12.1 Å². The molecule has 0 spiro atoms. The number of hydrogen-bond acceptors (Lipinski definition) is 5.